The molecular formula is C28H26O10. The van der Waals surface area contributed by atoms with Crippen LogP contribution in [0.2, 0.25) is 0 Å². The average Bonchev–Trinajstić information content (AvgIpc) is 2.97. The molecule has 0 aliphatic rings. The molecular weight excluding hydrogens is 496 g/mol. The lowest BCUT2D eigenvalue weighted by Gasteiger charge is -2.14. The molecule has 0 bridgehead atoms. The third-order valence-electron chi connectivity index (χ3n) is 5.65. The van der Waals surface area contributed by atoms with Gasteiger partial charge in [0.25, 0.3) is 0 Å². The first-order chi connectivity index (χ1) is 18.2. The third kappa shape index (κ3) is 5.59. The summed E-state index contributed by atoms with van der Waals surface area (Å²) in [6, 6.07) is 10.9. The molecule has 198 valence electrons. The van der Waals surface area contributed by atoms with E-state index in [9.17, 15) is 19.2 Å². The predicted molar refractivity (Wildman–Crippen MR) is 136 cm³/mol. The van der Waals surface area contributed by atoms with Crippen LogP contribution in [0.1, 0.15) is 41.4 Å². The largest absolute Gasteiger partial charge is 0.497 e. The maximum absolute atomic E-state index is 13.5. The van der Waals surface area contributed by atoms with Crippen LogP contribution in [0.5, 0.6) is 34.5 Å². The molecule has 0 heterocycles. The Labute approximate surface area is 219 Å². The molecule has 10 nitrogen and oxygen atoms in total. The molecule has 0 aliphatic heterocycles. The van der Waals surface area contributed by atoms with Crippen molar-refractivity contribution in [3.63, 3.8) is 0 Å². The van der Waals surface area contributed by atoms with Crippen LogP contribution >= 0.6 is 0 Å². The first-order valence-corrected chi connectivity index (χ1v) is 11.1. The van der Waals surface area contributed by atoms with Gasteiger partial charge >= 0.3 is 0 Å². The quantitative estimate of drug-likeness (QED) is 0.256. The van der Waals surface area contributed by atoms with E-state index in [1.165, 1.54) is 91.2 Å². The van der Waals surface area contributed by atoms with Crippen molar-refractivity contribution in [2.24, 2.45) is 0 Å². The topological polar surface area (TPSA) is 124 Å². The number of hydrogen-bond donors (Lipinski definition) is 0. The van der Waals surface area contributed by atoms with Crippen LogP contribution in [0.15, 0.2) is 48.5 Å². The van der Waals surface area contributed by atoms with Gasteiger partial charge in [0.1, 0.15) is 23.0 Å². The molecule has 10 heteroatoms. The average molecular weight is 523 g/mol. The monoisotopic (exact) mass is 522 g/mol. The highest BCUT2D eigenvalue weighted by atomic mass is 16.5. The number of methoxy groups -OCH3 is 6. The highest BCUT2D eigenvalue weighted by molar-refractivity contribution is 6.54. The molecule has 0 unspecified atom stereocenters. The van der Waals surface area contributed by atoms with Crippen molar-refractivity contribution in [2.75, 3.05) is 42.7 Å². The van der Waals surface area contributed by atoms with Gasteiger partial charge in [0.05, 0.1) is 42.7 Å². The molecule has 0 amide bonds. The van der Waals surface area contributed by atoms with Crippen LogP contribution in [0.4, 0.5) is 0 Å². The minimum Gasteiger partial charge on any atom is -0.497 e. The summed E-state index contributed by atoms with van der Waals surface area (Å²) in [6.45, 7) is 0. The zero-order valence-electron chi connectivity index (χ0n) is 21.7. The number of hydrogen-bond acceptors (Lipinski definition) is 10. The summed E-state index contributed by atoms with van der Waals surface area (Å²) in [4.78, 5) is 53.4. The van der Waals surface area contributed by atoms with Gasteiger partial charge in [-0.05, 0) is 36.4 Å². The summed E-state index contributed by atoms with van der Waals surface area (Å²) in [7, 11) is 8.25. The standard InChI is InChI=1S/C28H26O10/c1-33-17-7-15(8-18(11-17)34-2)25(29)27(31)21-13-23(37-5)24(38-6)14-22(21)28(32)26(30)16-9-19(35-3)12-20(10-16)36-4/h7-14H,1-6H3. The smallest absolute Gasteiger partial charge is 0.234 e. The van der Waals surface area contributed by atoms with E-state index in [0.717, 1.165) is 0 Å². The SMILES string of the molecule is COc1cc(OC)cc(C(=O)C(=O)c2cc(OC)c(OC)cc2C(=O)C(=O)c2cc(OC)cc(OC)c2)c1. The molecule has 0 spiro atoms. The molecule has 0 radical (unpaired) electrons. The van der Waals surface area contributed by atoms with Crippen LogP contribution in [0.25, 0.3) is 0 Å². The van der Waals surface area contributed by atoms with Gasteiger partial charge in [-0.3, -0.25) is 19.2 Å². The Balaban J connectivity index is 2.14. The van der Waals surface area contributed by atoms with Gasteiger partial charge in [-0.25, -0.2) is 0 Å². The Hall–Kier alpha value is -4.86. The van der Waals surface area contributed by atoms with E-state index in [2.05, 4.69) is 0 Å². The van der Waals surface area contributed by atoms with Crippen molar-refractivity contribution in [3.8, 4) is 34.5 Å². The Bertz CT molecular complexity index is 1260. The molecule has 0 fully saturated rings. The molecule has 0 saturated carbocycles. The zero-order chi connectivity index (χ0) is 28.0. The van der Waals surface area contributed by atoms with E-state index in [4.69, 9.17) is 28.4 Å². The Morgan fingerprint density at radius 1 is 0.395 bits per heavy atom. The summed E-state index contributed by atoms with van der Waals surface area (Å²) in [6.07, 6.45) is 0. The van der Waals surface area contributed by atoms with Crippen molar-refractivity contribution in [2.45, 2.75) is 0 Å². The van der Waals surface area contributed by atoms with Gasteiger partial charge in [0.15, 0.2) is 11.5 Å². The molecule has 0 saturated heterocycles. The molecule has 3 aromatic carbocycles. The number of ether oxygens (including phenoxy) is 6. The van der Waals surface area contributed by atoms with Gasteiger partial charge in [-0.1, -0.05) is 0 Å². The molecule has 0 aliphatic carbocycles. The molecule has 3 rings (SSSR count). The van der Waals surface area contributed by atoms with E-state index in [-0.39, 0.29) is 56.8 Å². The second-order valence-electron chi connectivity index (χ2n) is 7.77. The zero-order valence-corrected chi connectivity index (χ0v) is 21.7. The number of carbonyl (C=O) groups is 4. The van der Waals surface area contributed by atoms with Gasteiger partial charge in [0.2, 0.25) is 23.1 Å². The lowest BCUT2D eigenvalue weighted by molar-refractivity contribution is 0.0800. The fourth-order valence-electron chi connectivity index (χ4n) is 3.64. The molecule has 0 aromatic heterocycles. The van der Waals surface area contributed by atoms with Crippen molar-refractivity contribution < 1.29 is 47.6 Å². The minimum atomic E-state index is -1.05. The lowest BCUT2D eigenvalue weighted by atomic mass is 9.91. The van der Waals surface area contributed by atoms with E-state index in [1.807, 2.05) is 0 Å². The Kier molecular flexibility index (Phi) is 8.69. The van der Waals surface area contributed by atoms with Crippen LogP contribution < -0.4 is 28.4 Å². The highest BCUT2D eigenvalue weighted by Crippen LogP contribution is 2.33. The first-order valence-electron chi connectivity index (χ1n) is 11.1. The summed E-state index contributed by atoms with van der Waals surface area (Å²) in [5.41, 5.74) is -0.767. The van der Waals surface area contributed by atoms with Crippen molar-refractivity contribution in [3.05, 3.63) is 70.8 Å². The van der Waals surface area contributed by atoms with Crippen LogP contribution in [0, 0.1) is 0 Å². The van der Waals surface area contributed by atoms with Crippen molar-refractivity contribution in [1.82, 2.24) is 0 Å². The van der Waals surface area contributed by atoms with Crippen molar-refractivity contribution in [1.29, 1.82) is 0 Å². The first kappa shape index (κ1) is 27.7. The predicted octanol–water partition coefficient (Wildman–Crippen LogP) is 3.87. The second-order valence-corrected chi connectivity index (χ2v) is 7.77. The maximum Gasteiger partial charge on any atom is 0.234 e. The number of rotatable bonds is 12. The lowest BCUT2D eigenvalue weighted by Crippen LogP contribution is -2.22. The third-order valence-corrected chi connectivity index (χ3v) is 5.65. The van der Waals surface area contributed by atoms with Gasteiger partial charge < -0.3 is 28.4 Å². The fourth-order valence-corrected chi connectivity index (χ4v) is 3.64. The summed E-state index contributed by atoms with van der Waals surface area (Å²) >= 11 is 0. The minimum absolute atomic E-state index is 0.0387. The summed E-state index contributed by atoms with van der Waals surface area (Å²) in [5.74, 6) is -2.73. The summed E-state index contributed by atoms with van der Waals surface area (Å²) < 4.78 is 31.3. The summed E-state index contributed by atoms with van der Waals surface area (Å²) in [5, 5.41) is 0. The molecule has 0 N–H and O–H groups in total. The Morgan fingerprint density at radius 3 is 0.921 bits per heavy atom. The number of ketones is 4. The van der Waals surface area contributed by atoms with E-state index in [1.54, 1.807) is 0 Å². The van der Waals surface area contributed by atoms with E-state index >= 15 is 0 Å². The van der Waals surface area contributed by atoms with Crippen LogP contribution in [-0.2, 0) is 0 Å². The maximum atomic E-state index is 13.5. The highest BCUT2D eigenvalue weighted by Gasteiger charge is 2.30. The Morgan fingerprint density at radius 2 is 0.684 bits per heavy atom. The van der Waals surface area contributed by atoms with E-state index in [0.29, 0.717) is 0 Å². The molecule has 0 atom stereocenters. The van der Waals surface area contributed by atoms with Gasteiger partial charge in [0, 0.05) is 34.4 Å². The normalized spacial score (nSPS) is 10.3. The number of carbonyl (C=O) groups excluding carboxylic acids is 4. The van der Waals surface area contributed by atoms with Crippen LogP contribution in [0.3, 0.4) is 0 Å². The van der Waals surface area contributed by atoms with E-state index < -0.39 is 23.1 Å². The second kappa shape index (κ2) is 11.9. The molecule has 3 aromatic rings. The van der Waals surface area contributed by atoms with Gasteiger partial charge in [-0.15, -0.1) is 0 Å². The van der Waals surface area contributed by atoms with Crippen LogP contribution in [-0.4, -0.2) is 65.8 Å². The molecule has 38 heavy (non-hydrogen) atoms. The fraction of sp³-hybridized carbons (Fsp3) is 0.214. The van der Waals surface area contributed by atoms with Crippen molar-refractivity contribution >= 4 is 23.1 Å². The number of Topliss-reactive ketones (excluding diaryl/α,β-unsaturated/α-hetero) is 4. The number of benzene rings is 3. The van der Waals surface area contributed by atoms with Gasteiger partial charge in [-0.2, -0.15) is 0 Å².